The number of hydrogen-bond acceptors (Lipinski definition) is 4. The summed E-state index contributed by atoms with van der Waals surface area (Å²) in [6.45, 7) is 0.662. The molecule has 0 atom stereocenters. The minimum Gasteiger partial charge on any atom is -0.490 e. The first-order chi connectivity index (χ1) is 11.7. The molecule has 24 heavy (non-hydrogen) atoms. The van der Waals surface area contributed by atoms with Gasteiger partial charge in [0.25, 0.3) is 5.56 Å². The van der Waals surface area contributed by atoms with Crippen LogP contribution in [0.5, 0.6) is 11.5 Å². The Balaban J connectivity index is 1.60. The van der Waals surface area contributed by atoms with Crippen LogP contribution < -0.4 is 15.0 Å². The van der Waals surface area contributed by atoms with Crippen molar-refractivity contribution >= 4 is 0 Å². The number of ether oxygens (including phenoxy) is 2. The van der Waals surface area contributed by atoms with Gasteiger partial charge in [-0.2, -0.15) is 4.39 Å². The van der Waals surface area contributed by atoms with Crippen LogP contribution in [-0.4, -0.2) is 22.8 Å². The zero-order chi connectivity index (χ0) is 16.8. The van der Waals surface area contributed by atoms with E-state index < -0.39 is 5.95 Å². The van der Waals surface area contributed by atoms with Crippen LogP contribution in [0.3, 0.4) is 0 Å². The average Bonchev–Trinajstić information content (AvgIpc) is 2.60. The molecule has 0 bridgehead atoms. The summed E-state index contributed by atoms with van der Waals surface area (Å²) >= 11 is 0. The lowest BCUT2D eigenvalue weighted by molar-refractivity contribution is 0.217. The molecule has 122 valence electrons. The van der Waals surface area contributed by atoms with Gasteiger partial charge in [-0.25, -0.2) is 4.98 Å². The van der Waals surface area contributed by atoms with Crippen LogP contribution in [0.1, 0.15) is 0 Å². The van der Waals surface area contributed by atoms with Gasteiger partial charge in [-0.15, -0.1) is 0 Å². The maximum atomic E-state index is 13.1. The largest absolute Gasteiger partial charge is 0.490 e. The van der Waals surface area contributed by atoms with Crippen LogP contribution in [-0.2, 0) is 0 Å². The second kappa shape index (κ2) is 7.41. The zero-order valence-electron chi connectivity index (χ0n) is 12.8. The van der Waals surface area contributed by atoms with E-state index in [1.165, 1.54) is 29.0 Å². The standard InChI is InChI=1S/C18H15FN2O3/c19-16-7-4-8-17(20-16)21-10-9-15(13-18(21)22)24-12-11-23-14-5-2-1-3-6-14/h1-10,13H,11-12H2. The number of rotatable bonds is 6. The molecule has 0 amide bonds. The van der Waals surface area contributed by atoms with E-state index in [1.54, 1.807) is 12.1 Å². The van der Waals surface area contributed by atoms with E-state index in [2.05, 4.69) is 4.98 Å². The summed E-state index contributed by atoms with van der Waals surface area (Å²) in [5.74, 6) is 0.759. The van der Waals surface area contributed by atoms with E-state index in [1.807, 2.05) is 30.3 Å². The number of halogens is 1. The molecular formula is C18H15FN2O3. The van der Waals surface area contributed by atoms with Crippen LogP contribution in [0.4, 0.5) is 4.39 Å². The van der Waals surface area contributed by atoms with Gasteiger partial charge in [-0.05, 0) is 30.3 Å². The second-order valence-corrected chi connectivity index (χ2v) is 4.90. The molecular weight excluding hydrogens is 311 g/mol. The number of aromatic nitrogens is 2. The van der Waals surface area contributed by atoms with Gasteiger partial charge in [0.2, 0.25) is 5.95 Å². The van der Waals surface area contributed by atoms with E-state index in [0.29, 0.717) is 19.0 Å². The van der Waals surface area contributed by atoms with Crippen molar-refractivity contribution in [2.24, 2.45) is 0 Å². The summed E-state index contributed by atoms with van der Waals surface area (Å²) in [5, 5.41) is 0. The molecule has 0 aliphatic rings. The molecule has 6 heteroatoms. The molecule has 0 aliphatic heterocycles. The van der Waals surface area contributed by atoms with Crippen molar-refractivity contribution in [1.82, 2.24) is 9.55 Å². The summed E-state index contributed by atoms with van der Waals surface area (Å²) < 4.78 is 25.4. The molecule has 0 saturated heterocycles. The van der Waals surface area contributed by atoms with Gasteiger partial charge in [0.15, 0.2) is 0 Å². The summed E-state index contributed by atoms with van der Waals surface area (Å²) in [4.78, 5) is 15.8. The predicted molar refractivity (Wildman–Crippen MR) is 87.2 cm³/mol. The third kappa shape index (κ3) is 3.98. The van der Waals surface area contributed by atoms with Gasteiger partial charge in [-0.3, -0.25) is 9.36 Å². The topological polar surface area (TPSA) is 53.4 Å². The Kier molecular flexibility index (Phi) is 4.86. The highest BCUT2D eigenvalue weighted by atomic mass is 19.1. The number of pyridine rings is 2. The molecule has 0 fully saturated rings. The lowest BCUT2D eigenvalue weighted by Gasteiger charge is -2.09. The molecule has 2 aromatic heterocycles. The predicted octanol–water partition coefficient (Wildman–Crippen LogP) is 2.83. The first-order valence-corrected chi connectivity index (χ1v) is 7.39. The summed E-state index contributed by atoms with van der Waals surface area (Å²) in [6.07, 6.45) is 1.50. The third-order valence-electron chi connectivity index (χ3n) is 3.20. The van der Waals surface area contributed by atoms with Crippen LogP contribution in [0.25, 0.3) is 5.82 Å². The van der Waals surface area contributed by atoms with Crippen molar-refractivity contribution in [2.45, 2.75) is 0 Å². The first kappa shape index (κ1) is 15.7. The molecule has 0 radical (unpaired) electrons. The number of nitrogens with zero attached hydrogens (tertiary/aromatic N) is 2. The van der Waals surface area contributed by atoms with Crippen molar-refractivity contribution in [2.75, 3.05) is 13.2 Å². The van der Waals surface area contributed by atoms with Crippen molar-refractivity contribution in [3.63, 3.8) is 0 Å². The average molecular weight is 326 g/mol. The van der Waals surface area contributed by atoms with Gasteiger partial charge in [0.1, 0.15) is 30.5 Å². The van der Waals surface area contributed by atoms with E-state index in [-0.39, 0.29) is 11.4 Å². The lowest BCUT2D eigenvalue weighted by atomic mass is 10.3. The Morgan fingerprint density at radius 2 is 1.67 bits per heavy atom. The Labute approximate surface area is 137 Å². The van der Waals surface area contributed by atoms with Gasteiger partial charge in [-0.1, -0.05) is 24.3 Å². The lowest BCUT2D eigenvalue weighted by Crippen LogP contribution is -2.18. The highest BCUT2D eigenvalue weighted by Crippen LogP contribution is 2.10. The molecule has 3 rings (SSSR count). The molecule has 0 spiro atoms. The normalized spacial score (nSPS) is 10.4. The quantitative estimate of drug-likeness (QED) is 0.516. The van der Waals surface area contributed by atoms with Crippen molar-refractivity contribution in [1.29, 1.82) is 0 Å². The summed E-state index contributed by atoms with van der Waals surface area (Å²) in [6, 6.07) is 16.6. The SMILES string of the molecule is O=c1cc(OCCOc2ccccc2)ccn1-c1cccc(F)n1. The second-order valence-electron chi connectivity index (χ2n) is 4.90. The number of hydrogen-bond donors (Lipinski definition) is 0. The monoisotopic (exact) mass is 326 g/mol. The van der Waals surface area contributed by atoms with E-state index in [9.17, 15) is 9.18 Å². The highest BCUT2D eigenvalue weighted by molar-refractivity contribution is 5.27. The van der Waals surface area contributed by atoms with E-state index in [4.69, 9.17) is 9.47 Å². The van der Waals surface area contributed by atoms with Gasteiger partial charge in [0, 0.05) is 12.3 Å². The minimum absolute atomic E-state index is 0.221. The fourth-order valence-electron chi connectivity index (χ4n) is 2.11. The van der Waals surface area contributed by atoms with Crippen LogP contribution in [0.2, 0.25) is 0 Å². The molecule has 0 unspecified atom stereocenters. The van der Waals surface area contributed by atoms with Gasteiger partial charge < -0.3 is 9.47 Å². The van der Waals surface area contributed by atoms with E-state index >= 15 is 0 Å². The number of para-hydroxylation sites is 1. The van der Waals surface area contributed by atoms with Crippen molar-refractivity contribution in [3.8, 4) is 17.3 Å². The van der Waals surface area contributed by atoms with Crippen LogP contribution >= 0.6 is 0 Å². The molecule has 3 aromatic rings. The first-order valence-electron chi connectivity index (χ1n) is 7.39. The van der Waals surface area contributed by atoms with E-state index in [0.717, 1.165) is 5.75 Å². The van der Waals surface area contributed by atoms with Gasteiger partial charge in [0.05, 0.1) is 0 Å². The Bertz CT molecular complexity index is 865. The highest BCUT2D eigenvalue weighted by Gasteiger charge is 2.04. The molecule has 0 N–H and O–H groups in total. The smallest absolute Gasteiger partial charge is 0.259 e. The maximum Gasteiger partial charge on any atom is 0.259 e. The molecule has 5 nitrogen and oxygen atoms in total. The maximum absolute atomic E-state index is 13.1. The minimum atomic E-state index is -0.641. The fourth-order valence-corrected chi connectivity index (χ4v) is 2.11. The zero-order valence-corrected chi connectivity index (χ0v) is 12.8. The molecule has 1 aromatic carbocycles. The molecule has 0 saturated carbocycles. The fraction of sp³-hybridized carbons (Fsp3) is 0.111. The molecule has 2 heterocycles. The van der Waals surface area contributed by atoms with Gasteiger partial charge >= 0.3 is 0 Å². The number of benzene rings is 1. The van der Waals surface area contributed by atoms with Crippen LogP contribution in [0, 0.1) is 5.95 Å². The Hall–Kier alpha value is -3.15. The summed E-state index contributed by atoms with van der Waals surface area (Å²) in [5.41, 5.74) is -0.352. The van der Waals surface area contributed by atoms with Crippen molar-refractivity contribution < 1.29 is 13.9 Å². The molecule has 0 aliphatic carbocycles. The van der Waals surface area contributed by atoms with Crippen molar-refractivity contribution in [3.05, 3.63) is 83.2 Å². The Morgan fingerprint density at radius 1 is 0.917 bits per heavy atom. The summed E-state index contributed by atoms with van der Waals surface area (Å²) in [7, 11) is 0. The van der Waals surface area contributed by atoms with Crippen LogP contribution in [0.15, 0.2) is 71.7 Å². The third-order valence-corrected chi connectivity index (χ3v) is 3.20. The Morgan fingerprint density at radius 3 is 2.38 bits per heavy atom.